The Bertz CT molecular complexity index is 496. The van der Waals surface area contributed by atoms with E-state index in [9.17, 15) is 13.2 Å². The molecule has 0 saturated heterocycles. The van der Waals surface area contributed by atoms with Crippen LogP contribution in [-0.2, 0) is 6.54 Å². The predicted octanol–water partition coefficient (Wildman–Crippen LogP) is 3.52. The second-order valence-electron chi connectivity index (χ2n) is 4.89. The smallest absolute Gasteiger partial charge is 0.355 e. The van der Waals surface area contributed by atoms with Crippen molar-refractivity contribution in [2.45, 2.75) is 12.7 Å². The minimum atomic E-state index is -4.17. The number of aliphatic imine (C=N–C) groups is 1. The van der Waals surface area contributed by atoms with Gasteiger partial charge in [-0.15, -0.1) is 35.3 Å². The SMILES string of the molecule is CN=C(NCCN(C)CC(F)(F)F)N(C)Cc1ccc(Cl)s1.I. The lowest BCUT2D eigenvalue weighted by Crippen LogP contribution is -2.42. The third-order valence-electron chi connectivity index (χ3n) is 2.82. The molecule has 134 valence electrons. The van der Waals surface area contributed by atoms with E-state index < -0.39 is 12.7 Å². The maximum Gasteiger partial charge on any atom is 0.401 e. The first-order chi connectivity index (χ1) is 10.2. The number of alkyl halides is 3. The van der Waals surface area contributed by atoms with E-state index in [4.69, 9.17) is 11.6 Å². The first-order valence-electron chi connectivity index (χ1n) is 6.62. The monoisotopic (exact) mass is 484 g/mol. The van der Waals surface area contributed by atoms with Crippen molar-refractivity contribution < 1.29 is 13.2 Å². The second-order valence-corrected chi connectivity index (χ2v) is 6.69. The maximum atomic E-state index is 12.2. The molecule has 0 aliphatic carbocycles. The van der Waals surface area contributed by atoms with Crippen LogP contribution in [0.5, 0.6) is 0 Å². The fourth-order valence-electron chi connectivity index (χ4n) is 1.87. The maximum absolute atomic E-state index is 12.2. The zero-order valence-corrected chi connectivity index (χ0v) is 17.1. The van der Waals surface area contributed by atoms with Gasteiger partial charge in [0.05, 0.1) is 17.4 Å². The second kappa shape index (κ2) is 10.6. The van der Waals surface area contributed by atoms with E-state index in [1.165, 1.54) is 23.3 Å². The highest BCUT2D eigenvalue weighted by Crippen LogP contribution is 2.22. The summed E-state index contributed by atoms with van der Waals surface area (Å²) in [4.78, 5) is 8.33. The van der Waals surface area contributed by atoms with Crippen molar-refractivity contribution in [1.29, 1.82) is 0 Å². The summed E-state index contributed by atoms with van der Waals surface area (Å²) in [6, 6.07) is 3.77. The summed E-state index contributed by atoms with van der Waals surface area (Å²) in [5.74, 6) is 0.630. The van der Waals surface area contributed by atoms with Gasteiger partial charge >= 0.3 is 6.18 Å². The summed E-state index contributed by atoms with van der Waals surface area (Å²) in [7, 11) is 4.94. The van der Waals surface area contributed by atoms with Crippen LogP contribution in [0, 0.1) is 0 Å². The topological polar surface area (TPSA) is 30.9 Å². The van der Waals surface area contributed by atoms with Crippen LogP contribution in [0.25, 0.3) is 0 Å². The minimum absolute atomic E-state index is 0. The minimum Gasteiger partial charge on any atom is -0.355 e. The average Bonchev–Trinajstić information content (AvgIpc) is 2.77. The fraction of sp³-hybridized carbons (Fsp3) is 0.615. The van der Waals surface area contributed by atoms with Crippen LogP contribution in [0.15, 0.2) is 17.1 Å². The van der Waals surface area contributed by atoms with Gasteiger partial charge in [0.25, 0.3) is 0 Å². The van der Waals surface area contributed by atoms with Crippen molar-refractivity contribution in [1.82, 2.24) is 15.1 Å². The largest absolute Gasteiger partial charge is 0.401 e. The molecular formula is C13H21ClF3IN4S. The zero-order chi connectivity index (χ0) is 16.8. The average molecular weight is 485 g/mol. The highest BCUT2D eigenvalue weighted by molar-refractivity contribution is 14.0. The summed E-state index contributed by atoms with van der Waals surface area (Å²) in [5.41, 5.74) is 0. The van der Waals surface area contributed by atoms with E-state index in [-0.39, 0.29) is 30.5 Å². The molecule has 1 aromatic heterocycles. The Kier molecular flexibility index (Phi) is 10.5. The lowest BCUT2D eigenvalue weighted by atomic mass is 10.4. The molecule has 0 fully saturated rings. The molecule has 0 aliphatic heterocycles. The summed E-state index contributed by atoms with van der Waals surface area (Å²) < 4.78 is 37.4. The number of rotatable bonds is 6. The molecule has 0 saturated carbocycles. The normalized spacial score (nSPS) is 12.3. The van der Waals surface area contributed by atoms with Gasteiger partial charge in [-0.05, 0) is 19.2 Å². The van der Waals surface area contributed by atoms with E-state index in [0.29, 0.717) is 19.0 Å². The van der Waals surface area contributed by atoms with Crippen LogP contribution in [0.1, 0.15) is 4.88 Å². The molecule has 23 heavy (non-hydrogen) atoms. The third-order valence-corrected chi connectivity index (χ3v) is 4.04. The Morgan fingerprint density at radius 1 is 1.35 bits per heavy atom. The van der Waals surface area contributed by atoms with Crippen molar-refractivity contribution in [3.05, 3.63) is 21.3 Å². The molecule has 1 N–H and O–H groups in total. The van der Waals surface area contributed by atoms with Gasteiger partial charge in [0, 0.05) is 32.1 Å². The van der Waals surface area contributed by atoms with E-state index >= 15 is 0 Å². The van der Waals surface area contributed by atoms with Gasteiger partial charge in [-0.3, -0.25) is 9.89 Å². The van der Waals surface area contributed by atoms with E-state index in [1.54, 1.807) is 7.05 Å². The number of thiophene rings is 1. The molecule has 0 unspecified atom stereocenters. The number of hydrogen-bond acceptors (Lipinski definition) is 3. The van der Waals surface area contributed by atoms with E-state index in [0.717, 1.165) is 9.21 Å². The summed E-state index contributed by atoms with van der Waals surface area (Å²) in [5, 5.41) is 3.05. The van der Waals surface area contributed by atoms with Gasteiger partial charge in [0.2, 0.25) is 0 Å². The first kappa shape index (κ1) is 22.7. The molecule has 4 nitrogen and oxygen atoms in total. The first-order valence-corrected chi connectivity index (χ1v) is 7.82. The number of halogens is 5. The summed E-state index contributed by atoms with van der Waals surface area (Å²) in [6.45, 7) is 0.373. The Morgan fingerprint density at radius 2 is 2.00 bits per heavy atom. The summed E-state index contributed by atoms with van der Waals surface area (Å²) >= 11 is 7.37. The predicted molar refractivity (Wildman–Crippen MR) is 101 cm³/mol. The molecular weight excluding hydrogens is 464 g/mol. The van der Waals surface area contributed by atoms with E-state index in [1.807, 2.05) is 24.1 Å². The number of hydrogen-bond donors (Lipinski definition) is 1. The Labute approximate surface area is 160 Å². The Balaban J connectivity index is 0.00000484. The van der Waals surface area contributed by atoms with Crippen molar-refractivity contribution in [3.63, 3.8) is 0 Å². The molecule has 1 aromatic rings. The van der Waals surface area contributed by atoms with Crippen molar-refractivity contribution in [3.8, 4) is 0 Å². The van der Waals surface area contributed by atoms with Crippen LogP contribution in [0.4, 0.5) is 13.2 Å². The Morgan fingerprint density at radius 3 is 2.48 bits per heavy atom. The zero-order valence-electron chi connectivity index (χ0n) is 13.2. The molecule has 0 atom stereocenters. The molecule has 0 aromatic carbocycles. The Hall–Kier alpha value is -0.260. The van der Waals surface area contributed by atoms with Crippen LogP contribution in [0.3, 0.4) is 0 Å². The molecule has 1 heterocycles. The van der Waals surface area contributed by atoms with Gasteiger partial charge in [-0.2, -0.15) is 13.2 Å². The number of nitrogens with zero attached hydrogens (tertiary/aromatic N) is 3. The molecule has 1 rings (SSSR count). The van der Waals surface area contributed by atoms with Crippen molar-refractivity contribution in [2.75, 3.05) is 40.8 Å². The van der Waals surface area contributed by atoms with E-state index in [2.05, 4.69) is 10.3 Å². The molecule has 0 radical (unpaired) electrons. The van der Waals surface area contributed by atoms with Crippen molar-refractivity contribution in [2.24, 2.45) is 4.99 Å². The van der Waals surface area contributed by atoms with Crippen LogP contribution in [0.2, 0.25) is 4.34 Å². The van der Waals surface area contributed by atoms with Gasteiger partial charge < -0.3 is 10.2 Å². The number of nitrogens with one attached hydrogen (secondary N) is 1. The standard InChI is InChI=1S/C13H20ClF3N4S.HI/c1-18-12(19-6-7-20(2)9-13(15,16)17)21(3)8-10-4-5-11(14)22-10;/h4-5H,6-9H2,1-3H3,(H,18,19);1H. The molecule has 0 aliphatic rings. The highest BCUT2D eigenvalue weighted by Gasteiger charge is 2.28. The summed E-state index contributed by atoms with van der Waals surface area (Å²) in [6.07, 6.45) is -4.17. The van der Waals surface area contributed by atoms with Gasteiger partial charge in [0.1, 0.15) is 0 Å². The fourth-order valence-corrected chi connectivity index (χ4v) is 3.01. The highest BCUT2D eigenvalue weighted by atomic mass is 127. The molecule has 0 spiro atoms. The molecule has 0 amide bonds. The van der Waals surface area contributed by atoms with Crippen LogP contribution < -0.4 is 5.32 Å². The molecule has 10 heteroatoms. The number of likely N-dealkylation sites (N-methyl/N-ethyl adjacent to an activating group) is 1. The quantitative estimate of drug-likeness (QED) is 0.381. The lowest BCUT2D eigenvalue weighted by Gasteiger charge is -2.23. The lowest BCUT2D eigenvalue weighted by molar-refractivity contribution is -0.142. The van der Waals surface area contributed by atoms with Crippen LogP contribution >= 0.6 is 46.9 Å². The molecule has 0 bridgehead atoms. The van der Waals surface area contributed by atoms with Gasteiger partial charge in [-0.1, -0.05) is 11.6 Å². The van der Waals surface area contributed by atoms with Gasteiger partial charge in [0.15, 0.2) is 5.96 Å². The van der Waals surface area contributed by atoms with Crippen LogP contribution in [-0.4, -0.2) is 62.7 Å². The van der Waals surface area contributed by atoms with Crippen molar-refractivity contribution >= 4 is 52.9 Å². The number of guanidine groups is 1. The third kappa shape index (κ3) is 9.58. The van der Waals surface area contributed by atoms with Gasteiger partial charge in [-0.25, -0.2) is 0 Å².